The number of nitrogens with one attached hydrogen (secondary N) is 1. The lowest BCUT2D eigenvalue weighted by atomic mass is 10.1. The third-order valence-corrected chi connectivity index (χ3v) is 3.31. The second-order valence-corrected chi connectivity index (χ2v) is 5.20. The molecule has 0 saturated heterocycles. The first-order chi connectivity index (χ1) is 9.88. The van der Waals surface area contributed by atoms with Crippen molar-refractivity contribution >= 4 is 27.5 Å². The highest BCUT2D eigenvalue weighted by Gasteiger charge is 2.21. The summed E-state index contributed by atoms with van der Waals surface area (Å²) in [6, 6.07) is 7.01. The molecule has 0 aliphatic heterocycles. The van der Waals surface area contributed by atoms with Gasteiger partial charge in [-0.05, 0) is 42.0 Å². The lowest BCUT2D eigenvalue weighted by Gasteiger charge is -2.17. The Hall–Kier alpha value is -2.02. The molecule has 0 heterocycles. The Kier molecular flexibility index (Phi) is 4.52. The first kappa shape index (κ1) is 15.4. The van der Waals surface area contributed by atoms with Gasteiger partial charge in [0, 0.05) is 10.2 Å². The number of carbonyl (C=O) groups is 1. The van der Waals surface area contributed by atoms with Gasteiger partial charge in [-0.2, -0.15) is 0 Å². The highest BCUT2D eigenvalue weighted by atomic mass is 79.9. The van der Waals surface area contributed by atoms with E-state index in [9.17, 15) is 18.0 Å². The predicted molar refractivity (Wildman–Crippen MR) is 76.0 cm³/mol. The van der Waals surface area contributed by atoms with Crippen LogP contribution in [0.25, 0.3) is 0 Å². The number of nitrogens with two attached hydrogens (primary N) is 1. The standard InChI is InChI=1S/C14H10BrF3N2O/c15-8-1-3-9(4-2-8)20-13(14(19)21)7-5-10(16)12(18)11(17)6-7/h1-6,13,20H,(H2,19,21). The van der Waals surface area contributed by atoms with E-state index in [1.807, 2.05) is 0 Å². The van der Waals surface area contributed by atoms with E-state index in [0.29, 0.717) is 5.69 Å². The maximum atomic E-state index is 13.3. The van der Waals surface area contributed by atoms with Crippen molar-refractivity contribution in [3.05, 3.63) is 63.9 Å². The molecular formula is C14H10BrF3N2O. The molecular weight excluding hydrogens is 349 g/mol. The summed E-state index contributed by atoms with van der Waals surface area (Å²) >= 11 is 3.25. The van der Waals surface area contributed by atoms with Crippen LogP contribution in [0.3, 0.4) is 0 Å². The fourth-order valence-electron chi connectivity index (χ4n) is 1.77. The molecule has 2 aromatic rings. The van der Waals surface area contributed by atoms with Gasteiger partial charge in [0.25, 0.3) is 0 Å². The molecule has 0 radical (unpaired) electrons. The molecule has 3 nitrogen and oxygen atoms in total. The third-order valence-electron chi connectivity index (χ3n) is 2.78. The Morgan fingerprint density at radius 1 is 1.10 bits per heavy atom. The highest BCUT2D eigenvalue weighted by molar-refractivity contribution is 9.10. The maximum absolute atomic E-state index is 13.3. The van der Waals surface area contributed by atoms with Crippen LogP contribution < -0.4 is 11.1 Å². The quantitative estimate of drug-likeness (QED) is 0.821. The predicted octanol–water partition coefficient (Wildman–Crippen LogP) is 3.50. The van der Waals surface area contributed by atoms with Gasteiger partial charge in [0.15, 0.2) is 17.5 Å². The van der Waals surface area contributed by atoms with Crippen molar-refractivity contribution in [2.75, 3.05) is 5.32 Å². The number of primary amides is 1. The molecule has 0 fully saturated rings. The summed E-state index contributed by atoms with van der Waals surface area (Å²) in [6.45, 7) is 0. The minimum Gasteiger partial charge on any atom is -0.370 e. The van der Waals surface area contributed by atoms with E-state index >= 15 is 0 Å². The molecule has 0 aliphatic rings. The van der Waals surface area contributed by atoms with E-state index in [1.54, 1.807) is 24.3 Å². The monoisotopic (exact) mass is 358 g/mol. The van der Waals surface area contributed by atoms with E-state index in [2.05, 4.69) is 21.2 Å². The molecule has 21 heavy (non-hydrogen) atoms. The van der Waals surface area contributed by atoms with Crippen LogP contribution in [0.2, 0.25) is 0 Å². The van der Waals surface area contributed by atoms with Crippen LogP contribution in [0, 0.1) is 17.5 Å². The first-order valence-corrected chi connectivity index (χ1v) is 6.63. The normalized spacial score (nSPS) is 12.0. The summed E-state index contributed by atoms with van der Waals surface area (Å²) in [5.74, 6) is -5.20. The average molecular weight is 359 g/mol. The molecule has 0 aliphatic carbocycles. The summed E-state index contributed by atoms with van der Waals surface area (Å²) < 4.78 is 40.3. The molecule has 110 valence electrons. The van der Waals surface area contributed by atoms with Crippen LogP contribution in [-0.4, -0.2) is 5.91 Å². The summed E-state index contributed by atoms with van der Waals surface area (Å²) in [4.78, 5) is 11.5. The van der Waals surface area contributed by atoms with Crippen molar-refractivity contribution in [3.63, 3.8) is 0 Å². The van der Waals surface area contributed by atoms with Crippen molar-refractivity contribution in [3.8, 4) is 0 Å². The highest BCUT2D eigenvalue weighted by Crippen LogP contribution is 2.24. The van der Waals surface area contributed by atoms with Crippen molar-refractivity contribution in [1.82, 2.24) is 0 Å². The topological polar surface area (TPSA) is 55.1 Å². The number of benzene rings is 2. The van der Waals surface area contributed by atoms with Crippen molar-refractivity contribution in [2.24, 2.45) is 5.73 Å². The fraction of sp³-hybridized carbons (Fsp3) is 0.0714. The zero-order valence-corrected chi connectivity index (χ0v) is 12.1. The molecule has 1 atom stereocenters. The van der Waals surface area contributed by atoms with Crippen molar-refractivity contribution in [2.45, 2.75) is 6.04 Å². The van der Waals surface area contributed by atoms with Gasteiger partial charge in [-0.3, -0.25) is 4.79 Å². The maximum Gasteiger partial charge on any atom is 0.244 e. The van der Waals surface area contributed by atoms with Crippen LogP contribution >= 0.6 is 15.9 Å². The number of hydrogen-bond donors (Lipinski definition) is 2. The van der Waals surface area contributed by atoms with Crippen LogP contribution in [0.4, 0.5) is 18.9 Å². The number of hydrogen-bond acceptors (Lipinski definition) is 2. The Morgan fingerprint density at radius 3 is 2.10 bits per heavy atom. The van der Waals surface area contributed by atoms with Gasteiger partial charge in [0.2, 0.25) is 5.91 Å². The van der Waals surface area contributed by atoms with Gasteiger partial charge < -0.3 is 11.1 Å². The molecule has 0 spiro atoms. The second-order valence-electron chi connectivity index (χ2n) is 4.29. The lowest BCUT2D eigenvalue weighted by Crippen LogP contribution is -2.28. The van der Waals surface area contributed by atoms with Gasteiger partial charge in [-0.1, -0.05) is 15.9 Å². The average Bonchev–Trinajstić information content (AvgIpc) is 2.43. The van der Waals surface area contributed by atoms with Crippen molar-refractivity contribution in [1.29, 1.82) is 0 Å². The lowest BCUT2D eigenvalue weighted by molar-refractivity contribution is -0.118. The largest absolute Gasteiger partial charge is 0.370 e. The second kappa shape index (κ2) is 6.17. The van der Waals surface area contributed by atoms with Crippen LogP contribution in [0.15, 0.2) is 40.9 Å². The first-order valence-electron chi connectivity index (χ1n) is 5.84. The summed E-state index contributed by atoms with van der Waals surface area (Å²) in [7, 11) is 0. The molecule has 7 heteroatoms. The Balaban J connectivity index is 2.35. The SMILES string of the molecule is NC(=O)C(Nc1ccc(Br)cc1)c1cc(F)c(F)c(F)c1. The van der Waals surface area contributed by atoms with Crippen LogP contribution in [0.1, 0.15) is 11.6 Å². The number of rotatable bonds is 4. The van der Waals surface area contributed by atoms with E-state index in [0.717, 1.165) is 16.6 Å². The zero-order valence-electron chi connectivity index (χ0n) is 10.5. The molecule has 0 saturated carbocycles. The smallest absolute Gasteiger partial charge is 0.244 e. The number of carbonyl (C=O) groups excluding carboxylic acids is 1. The summed E-state index contributed by atoms with van der Waals surface area (Å²) in [5, 5.41) is 2.74. The molecule has 0 aromatic heterocycles. The Labute approximate surface area is 127 Å². The third kappa shape index (κ3) is 3.55. The molecule has 2 aromatic carbocycles. The Bertz CT molecular complexity index is 653. The van der Waals surface area contributed by atoms with E-state index < -0.39 is 29.4 Å². The summed E-state index contributed by atoms with van der Waals surface area (Å²) in [5.41, 5.74) is 5.66. The van der Waals surface area contributed by atoms with Crippen molar-refractivity contribution < 1.29 is 18.0 Å². The van der Waals surface area contributed by atoms with Gasteiger partial charge >= 0.3 is 0 Å². The molecule has 2 rings (SSSR count). The van der Waals surface area contributed by atoms with E-state index in [1.165, 1.54) is 0 Å². The van der Waals surface area contributed by atoms with Gasteiger partial charge in [0.1, 0.15) is 6.04 Å². The van der Waals surface area contributed by atoms with Gasteiger partial charge in [-0.25, -0.2) is 13.2 Å². The van der Waals surface area contributed by atoms with Gasteiger partial charge in [-0.15, -0.1) is 0 Å². The Morgan fingerprint density at radius 2 is 1.62 bits per heavy atom. The van der Waals surface area contributed by atoms with Crippen LogP contribution in [0.5, 0.6) is 0 Å². The molecule has 1 unspecified atom stereocenters. The number of amides is 1. The van der Waals surface area contributed by atoms with E-state index in [-0.39, 0.29) is 5.56 Å². The summed E-state index contributed by atoms with van der Waals surface area (Å²) in [6.07, 6.45) is 0. The van der Waals surface area contributed by atoms with E-state index in [4.69, 9.17) is 5.73 Å². The molecule has 3 N–H and O–H groups in total. The number of halogens is 4. The zero-order chi connectivity index (χ0) is 15.6. The van der Waals surface area contributed by atoms with Crippen LogP contribution in [-0.2, 0) is 4.79 Å². The number of anilines is 1. The fourth-order valence-corrected chi connectivity index (χ4v) is 2.04. The molecule has 1 amide bonds. The van der Waals surface area contributed by atoms with Gasteiger partial charge in [0.05, 0.1) is 0 Å². The molecule has 0 bridgehead atoms. The minimum absolute atomic E-state index is 0.0955. The minimum atomic E-state index is -1.59.